The number of carbonyl (C=O) groups excluding carboxylic acids is 1. The molecule has 1 saturated carbocycles. The molecule has 27 heavy (non-hydrogen) atoms. The lowest BCUT2D eigenvalue weighted by Gasteiger charge is -2.59. The van der Waals surface area contributed by atoms with Gasteiger partial charge in [0.2, 0.25) is 0 Å². The minimum Gasteiger partial charge on any atom is -0.396 e. The molecule has 4 aliphatic carbocycles. The van der Waals surface area contributed by atoms with E-state index in [2.05, 4.69) is 47.6 Å². The van der Waals surface area contributed by atoms with Crippen LogP contribution in [0.4, 0.5) is 0 Å². The van der Waals surface area contributed by atoms with Gasteiger partial charge in [0.25, 0.3) is 0 Å². The quantitative estimate of drug-likeness (QED) is 0.632. The fraction of sp³-hybridized carbons (Fsp3) is 0.800. The fourth-order valence-electron chi connectivity index (χ4n) is 8.11. The van der Waals surface area contributed by atoms with E-state index in [1.807, 2.05) is 6.08 Å². The number of fused-ring (bicyclic) bond motifs is 4. The maximum absolute atomic E-state index is 12.6. The summed E-state index contributed by atoms with van der Waals surface area (Å²) in [4.78, 5) is 12.6. The van der Waals surface area contributed by atoms with Crippen LogP contribution in [0.5, 0.6) is 0 Å². The monoisotopic (exact) mass is 370 g/mol. The van der Waals surface area contributed by atoms with E-state index in [4.69, 9.17) is 0 Å². The van der Waals surface area contributed by atoms with Crippen LogP contribution in [-0.2, 0) is 4.79 Å². The number of ketones is 1. The Morgan fingerprint density at radius 1 is 1.07 bits per heavy atom. The molecule has 0 heterocycles. The van der Waals surface area contributed by atoms with E-state index in [1.165, 1.54) is 19.3 Å². The van der Waals surface area contributed by atoms with Gasteiger partial charge < -0.3 is 5.11 Å². The highest BCUT2D eigenvalue weighted by molar-refractivity contribution is 5.96. The molecule has 1 N–H and O–H groups in total. The lowest BCUT2D eigenvalue weighted by molar-refractivity contribution is -0.128. The van der Waals surface area contributed by atoms with Gasteiger partial charge in [-0.15, -0.1) is 0 Å². The van der Waals surface area contributed by atoms with Crippen molar-refractivity contribution in [3.8, 4) is 0 Å². The minimum atomic E-state index is -0.257. The van der Waals surface area contributed by atoms with E-state index in [0.29, 0.717) is 35.6 Å². The Morgan fingerprint density at radius 2 is 1.78 bits per heavy atom. The number of allylic oxidation sites excluding steroid dienone is 4. The zero-order valence-electron chi connectivity index (χ0n) is 18.2. The first-order chi connectivity index (χ1) is 12.5. The molecule has 0 aromatic rings. The molecule has 0 saturated heterocycles. The molecular formula is C25H38O2. The first-order valence-corrected chi connectivity index (χ1v) is 11.1. The molecule has 2 heteroatoms. The zero-order chi connectivity index (χ0) is 19.8. The van der Waals surface area contributed by atoms with Crippen molar-refractivity contribution in [3.63, 3.8) is 0 Å². The topological polar surface area (TPSA) is 37.3 Å². The van der Waals surface area contributed by atoms with Gasteiger partial charge in [-0.3, -0.25) is 4.79 Å². The summed E-state index contributed by atoms with van der Waals surface area (Å²) in [6.07, 6.45) is 11.3. The molecule has 0 aliphatic heterocycles. The third-order valence-corrected chi connectivity index (χ3v) is 10.1. The molecule has 4 rings (SSSR count). The van der Waals surface area contributed by atoms with Gasteiger partial charge in [-0.05, 0) is 73.2 Å². The summed E-state index contributed by atoms with van der Waals surface area (Å²) >= 11 is 0. The van der Waals surface area contributed by atoms with Crippen molar-refractivity contribution in [2.45, 2.75) is 80.1 Å². The number of hydrogen-bond acceptors (Lipinski definition) is 2. The SMILES string of the molecule is C[C@H](CO)[C@H]1CC[C@@]2(C)C3=C(CC[C@]12C)[C@@]1(C)C=CC(=O)C(C)(C)[C@@H]1CC3. The maximum Gasteiger partial charge on any atom is 0.161 e. The zero-order valence-corrected chi connectivity index (χ0v) is 18.2. The Kier molecular flexibility index (Phi) is 4.18. The Hall–Kier alpha value is -0.890. The Morgan fingerprint density at radius 3 is 2.44 bits per heavy atom. The summed E-state index contributed by atoms with van der Waals surface area (Å²) in [6.45, 7) is 14.3. The van der Waals surface area contributed by atoms with E-state index in [0.717, 1.165) is 19.3 Å². The molecule has 0 bridgehead atoms. The van der Waals surface area contributed by atoms with Gasteiger partial charge in [0, 0.05) is 17.4 Å². The first-order valence-electron chi connectivity index (χ1n) is 11.1. The van der Waals surface area contributed by atoms with Crippen molar-refractivity contribution in [1.29, 1.82) is 0 Å². The van der Waals surface area contributed by atoms with Gasteiger partial charge in [0.15, 0.2) is 5.78 Å². The Bertz CT molecular complexity index is 729. The highest BCUT2D eigenvalue weighted by atomic mass is 16.3. The average molecular weight is 371 g/mol. The molecular weight excluding hydrogens is 332 g/mol. The summed E-state index contributed by atoms with van der Waals surface area (Å²) in [5, 5.41) is 9.84. The maximum atomic E-state index is 12.6. The summed E-state index contributed by atoms with van der Waals surface area (Å²) in [7, 11) is 0. The molecule has 0 aromatic heterocycles. The molecule has 2 nitrogen and oxygen atoms in total. The van der Waals surface area contributed by atoms with E-state index >= 15 is 0 Å². The summed E-state index contributed by atoms with van der Waals surface area (Å²) in [6, 6.07) is 0. The Labute approximate surface area is 165 Å². The van der Waals surface area contributed by atoms with Gasteiger partial charge >= 0.3 is 0 Å². The predicted octanol–water partition coefficient (Wildman–Crippen LogP) is 5.71. The van der Waals surface area contributed by atoms with Crippen LogP contribution in [0.2, 0.25) is 0 Å². The molecule has 4 aliphatic rings. The van der Waals surface area contributed by atoms with E-state index in [9.17, 15) is 9.90 Å². The van der Waals surface area contributed by atoms with Crippen molar-refractivity contribution < 1.29 is 9.90 Å². The van der Waals surface area contributed by atoms with Crippen molar-refractivity contribution >= 4 is 5.78 Å². The third kappa shape index (κ3) is 2.26. The molecule has 6 atom stereocenters. The molecule has 0 unspecified atom stereocenters. The fourth-order valence-corrected chi connectivity index (χ4v) is 8.11. The second-order valence-electron chi connectivity index (χ2n) is 11.3. The minimum absolute atomic E-state index is 0.0377. The van der Waals surface area contributed by atoms with Crippen LogP contribution in [0.3, 0.4) is 0 Å². The highest BCUT2D eigenvalue weighted by Gasteiger charge is 2.62. The van der Waals surface area contributed by atoms with Gasteiger partial charge in [0.05, 0.1) is 0 Å². The lowest BCUT2D eigenvalue weighted by Crippen LogP contribution is -2.52. The molecule has 0 spiro atoms. The second-order valence-corrected chi connectivity index (χ2v) is 11.3. The molecule has 0 aromatic carbocycles. The van der Waals surface area contributed by atoms with Gasteiger partial charge in [-0.1, -0.05) is 58.8 Å². The smallest absolute Gasteiger partial charge is 0.161 e. The van der Waals surface area contributed by atoms with Crippen LogP contribution in [-0.4, -0.2) is 17.5 Å². The van der Waals surface area contributed by atoms with Crippen LogP contribution < -0.4 is 0 Å². The second kappa shape index (κ2) is 5.81. The summed E-state index contributed by atoms with van der Waals surface area (Å²) in [5.74, 6) is 1.73. The molecule has 1 fully saturated rings. The van der Waals surface area contributed by atoms with Crippen LogP contribution in [0.1, 0.15) is 80.1 Å². The van der Waals surface area contributed by atoms with Crippen LogP contribution in [0.15, 0.2) is 23.3 Å². The lowest BCUT2D eigenvalue weighted by atomic mass is 9.45. The Balaban J connectivity index is 1.82. The highest BCUT2D eigenvalue weighted by Crippen LogP contribution is 2.71. The van der Waals surface area contributed by atoms with Gasteiger partial charge in [0.1, 0.15) is 0 Å². The summed E-state index contributed by atoms with van der Waals surface area (Å²) in [5.41, 5.74) is 3.71. The molecule has 0 radical (unpaired) electrons. The first kappa shape index (κ1) is 19.4. The van der Waals surface area contributed by atoms with Gasteiger partial charge in [-0.25, -0.2) is 0 Å². The van der Waals surface area contributed by atoms with Crippen molar-refractivity contribution in [2.75, 3.05) is 6.61 Å². The van der Waals surface area contributed by atoms with E-state index < -0.39 is 0 Å². The van der Waals surface area contributed by atoms with Crippen LogP contribution >= 0.6 is 0 Å². The molecule has 0 amide bonds. The standard InChI is InChI=1S/C25H38O2/c1-16(15-26)17-9-13-25(6)19-7-8-20-22(2,3)21(27)11-12-23(20,4)18(19)10-14-24(17,25)5/h11-12,16-17,20,26H,7-10,13-15H2,1-6H3/t16-,17-,20+,23-,24-,25+/m1/s1. The predicted molar refractivity (Wildman–Crippen MR) is 110 cm³/mol. The van der Waals surface area contributed by atoms with Crippen molar-refractivity contribution in [1.82, 2.24) is 0 Å². The van der Waals surface area contributed by atoms with Crippen LogP contribution in [0.25, 0.3) is 0 Å². The number of carbonyl (C=O) groups is 1. The average Bonchev–Trinajstić information content (AvgIpc) is 2.90. The molecule has 150 valence electrons. The van der Waals surface area contributed by atoms with E-state index in [1.54, 1.807) is 11.1 Å². The number of aliphatic hydroxyl groups excluding tert-OH is 1. The third-order valence-electron chi connectivity index (χ3n) is 10.1. The number of aliphatic hydroxyl groups is 1. The van der Waals surface area contributed by atoms with Crippen molar-refractivity contribution in [2.24, 2.45) is 39.4 Å². The normalized spacial score (nSPS) is 46.7. The number of hydrogen-bond donors (Lipinski definition) is 1. The van der Waals surface area contributed by atoms with Crippen LogP contribution in [0, 0.1) is 39.4 Å². The largest absolute Gasteiger partial charge is 0.396 e. The van der Waals surface area contributed by atoms with Gasteiger partial charge in [-0.2, -0.15) is 0 Å². The number of rotatable bonds is 2. The van der Waals surface area contributed by atoms with Crippen molar-refractivity contribution in [3.05, 3.63) is 23.3 Å². The van der Waals surface area contributed by atoms with E-state index in [-0.39, 0.29) is 16.2 Å². The summed E-state index contributed by atoms with van der Waals surface area (Å²) < 4.78 is 0.